The molecule has 0 unspecified atom stereocenters. The van der Waals surface area contributed by atoms with Gasteiger partial charge in [-0.2, -0.15) is 0 Å². The first-order valence-electron chi connectivity index (χ1n) is 43.8. The van der Waals surface area contributed by atoms with Crippen LogP contribution in [-0.4, -0.2) is 47.5 Å². The Bertz CT molecular complexity index is 5740. The van der Waals surface area contributed by atoms with Gasteiger partial charge in [-0.25, -0.2) is 9.80 Å². The third kappa shape index (κ3) is 17.4. The molecule has 0 aromatic heterocycles. The minimum absolute atomic E-state index is 0.0238. The number of anilines is 2. The van der Waals surface area contributed by atoms with E-state index in [4.69, 9.17) is 37.9 Å². The number of para-hydroxylation sites is 2. The van der Waals surface area contributed by atoms with Crippen LogP contribution in [-0.2, 0) is 19.2 Å². The second-order valence-electron chi connectivity index (χ2n) is 34.2. The number of imide groups is 2. The van der Waals surface area contributed by atoms with Crippen molar-refractivity contribution in [3.8, 4) is 69.0 Å². The fraction of sp³-hybridized carbons (Fsp3) is 0.259. The second-order valence-corrected chi connectivity index (χ2v) is 34.2. The summed E-state index contributed by atoms with van der Waals surface area (Å²) in [6.07, 6.45) is 34.1. The van der Waals surface area contributed by atoms with Crippen molar-refractivity contribution in [1.29, 1.82) is 0 Å². The fourth-order valence-electron chi connectivity index (χ4n) is 17.9. The number of carbonyl (C=O) groups excluding carboxylic acids is 8. The van der Waals surface area contributed by atoms with Gasteiger partial charge in [0.1, 0.15) is 69.0 Å². The summed E-state index contributed by atoms with van der Waals surface area (Å²) in [4.78, 5) is 124. The predicted molar refractivity (Wildman–Crippen MR) is 491 cm³/mol. The molecule has 126 heavy (non-hydrogen) atoms. The van der Waals surface area contributed by atoms with E-state index >= 15 is 19.2 Å². The van der Waals surface area contributed by atoms with Crippen LogP contribution >= 0.6 is 0 Å². The molecule has 11 aromatic rings. The molecule has 18 heteroatoms. The Hall–Kier alpha value is -14.0. The van der Waals surface area contributed by atoms with Crippen LogP contribution < -0.4 is 47.7 Å². The monoisotopic (exact) mass is 1680 g/mol. The van der Waals surface area contributed by atoms with Crippen molar-refractivity contribution in [3.63, 3.8) is 0 Å². The summed E-state index contributed by atoms with van der Waals surface area (Å²) in [5, 5.41) is 1.65. The number of benzene rings is 11. The van der Waals surface area contributed by atoms with Crippen LogP contribution in [0.15, 0.2) is 253 Å². The molecule has 2 heterocycles. The zero-order chi connectivity index (χ0) is 87.6. The first-order chi connectivity index (χ1) is 61.1. The highest BCUT2D eigenvalue weighted by atomic mass is 16.6. The molecular formula is C108H98N2O16. The molecule has 4 aliphatic carbocycles. The highest BCUT2D eigenvalue weighted by molar-refractivity contribution is 6.48. The summed E-state index contributed by atoms with van der Waals surface area (Å²) in [6.45, 7) is 16.1. The molecule has 2 aliphatic heterocycles. The van der Waals surface area contributed by atoms with E-state index in [1.165, 1.54) is 32.1 Å². The lowest BCUT2D eigenvalue weighted by Gasteiger charge is -2.35. The molecular weight excluding hydrogens is 1580 g/mol. The third-order valence-electron chi connectivity index (χ3n) is 24.1. The summed E-state index contributed by atoms with van der Waals surface area (Å²) in [7, 11) is 0. The summed E-state index contributed by atoms with van der Waals surface area (Å²) < 4.78 is 53.5. The summed E-state index contributed by atoms with van der Waals surface area (Å²) in [6, 6.07) is 44.1. The summed E-state index contributed by atoms with van der Waals surface area (Å²) in [5.41, 5.74) is 8.88. The van der Waals surface area contributed by atoms with Crippen molar-refractivity contribution in [2.24, 2.45) is 0 Å². The Morgan fingerprint density at radius 1 is 0.286 bits per heavy atom. The van der Waals surface area contributed by atoms with E-state index in [-0.39, 0.29) is 184 Å². The van der Waals surface area contributed by atoms with Crippen molar-refractivity contribution >= 4 is 102 Å². The van der Waals surface area contributed by atoms with Crippen molar-refractivity contribution in [1.82, 2.24) is 0 Å². The molecule has 11 aromatic carbocycles. The average Bonchev–Trinajstić information content (AvgIpc) is 1.62. The highest BCUT2D eigenvalue weighted by Gasteiger charge is 2.45. The van der Waals surface area contributed by atoms with Crippen LogP contribution in [0.5, 0.6) is 69.0 Å². The van der Waals surface area contributed by atoms with Gasteiger partial charge in [-0.15, -0.1) is 0 Å². The van der Waals surface area contributed by atoms with Crippen molar-refractivity contribution in [2.45, 2.75) is 182 Å². The fourth-order valence-corrected chi connectivity index (χ4v) is 17.9. The Labute approximate surface area is 732 Å². The number of esters is 4. The molecule has 0 fully saturated rings. The number of nitrogens with zero attached hydrogens (tertiary/aromatic N) is 2. The number of hydrogen-bond acceptors (Lipinski definition) is 16. The lowest BCUT2D eigenvalue weighted by Crippen LogP contribution is -2.42. The normalized spacial score (nSPS) is 14.5. The maximum atomic E-state index is 16.9. The standard InChI is InChI=1S/C108H98N2O16/c1-63(2)79-35-21-36-80(64(3)4)103(79)109-105(115)83-59-87(119-71-43-51-75(52-44-71)123-91(111)39-17-31-67-23-9-10-24-67)97-99-89(121-73-47-55-77(56-48-73)125-93(113)41-19-33-69-27-13-14-28-69)61-85-96-86(108(118)110(107(85)117)104-81(65(5)6)37-22-38-82(104)66(7)8)62-90(122-74-49-57-78(58-50-74)126-94(114)42-20-34-70-29-15-16-30-70)100(102(96)99)98-88(60-84(106(109)116)95(83)101(97)98)120-72-45-53-76(54-46-72)124-92(112)40-18-32-68-25-11-12-26-68/h9-16,21-23,25,27,29,35-38,43-66H,17-20,24,26,28,30-34,39-42H2,1-8H3. The van der Waals surface area contributed by atoms with Crippen LogP contribution in [0, 0.1) is 0 Å². The predicted octanol–water partition coefficient (Wildman–Crippen LogP) is 26.8. The first-order valence-corrected chi connectivity index (χ1v) is 43.8. The molecule has 0 radical (unpaired) electrons. The molecule has 0 saturated heterocycles. The molecule has 0 atom stereocenters. The van der Waals surface area contributed by atoms with E-state index in [1.807, 2.05) is 116 Å². The van der Waals surface area contributed by atoms with Crippen LogP contribution in [0.25, 0.3) is 43.1 Å². The number of ether oxygens (including phenoxy) is 8. The molecule has 17 rings (SSSR count). The van der Waals surface area contributed by atoms with Gasteiger partial charge in [0, 0.05) is 68.8 Å². The first kappa shape index (κ1) is 84.2. The smallest absolute Gasteiger partial charge is 0.311 e. The van der Waals surface area contributed by atoms with Crippen LogP contribution in [0.2, 0.25) is 0 Å². The SMILES string of the molecule is CC(C)c1cccc(C(C)C)c1N1C(=O)c2cc(Oc3ccc(OC(=O)CCCC4=CC=CC4)cc3)c3c4c(Oc5ccc(OC(=O)CCCC6=CC=CC6)cc5)cc5c6c(cc(Oc7ccc(OC(=O)CCCC8=CC=CC8)cc7)c(c7c(Oc8ccc(OC(=O)CCCC9=CC=CC9)cc8)cc(c2c37)C1=O)c64)C(=O)N(c1c(C(C)C)cccc1C(C)C)C5=O. The van der Waals surface area contributed by atoms with E-state index in [0.29, 0.717) is 37.1 Å². The lowest BCUT2D eigenvalue weighted by molar-refractivity contribution is -0.135. The van der Waals surface area contributed by atoms with Crippen molar-refractivity contribution < 1.29 is 76.3 Å². The van der Waals surface area contributed by atoms with E-state index < -0.39 is 47.5 Å². The molecule has 0 N–H and O–H groups in total. The number of fused-ring (bicyclic) bond motifs is 2. The number of hydrogen-bond donors (Lipinski definition) is 0. The highest BCUT2D eigenvalue weighted by Crippen LogP contribution is 2.59. The van der Waals surface area contributed by atoms with Crippen LogP contribution in [0.1, 0.15) is 245 Å². The zero-order valence-electron chi connectivity index (χ0n) is 72.0. The van der Waals surface area contributed by atoms with Gasteiger partial charge in [0.15, 0.2) is 0 Å². The van der Waals surface area contributed by atoms with Gasteiger partial charge in [-0.1, -0.05) is 187 Å². The topological polar surface area (TPSA) is 217 Å². The Morgan fingerprint density at radius 2 is 0.500 bits per heavy atom. The van der Waals surface area contributed by atoms with Gasteiger partial charge < -0.3 is 37.9 Å². The Balaban J connectivity index is 0.925. The van der Waals surface area contributed by atoms with Gasteiger partial charge in [0.25, 0.3) is 23.6 Å². The maximum absolute atomic E-state index is 16.9. The molecule has 6 aliphatic rings. The van der Waals surface area contributed by atoms with Gasteiger partial charge in [0.05, 0.1) is 33.6 Å². The zero-order valence-corrected chi connectivity index (χ0v) is 72.0. The van der Waals surface area contributed by atoms with E-state index in [0.717, 1.165) is 73.6 Å². The molecule has 0 bridgehead atoms. The Morgan fingerprint density at radius 3 is 0.698 bits per heavy atom. The minimum atomic E-state index is -0.685. The largest absolute Gasteiger partial charge is 0.457 e. The Kier molecular flexibility index (Phi) is 24.4. The molecule has 4 amide bonds. The molecule has 0 spiro atoms. The molecule has 0 saturated carbocycles. The number of carbonyl (C=O) groups is 8. The maximum Gasteiger partial charge on any atom is 0.311 e. The van der Waals surface area contributed by atoms with Crippen LogP contribution in [0.3, 0.4) is 0 Å². The number of allylic oxidation sites excluding steroid dienone is 16. The van der Waals surface area contributed by atoms with Crippen molar-refractivity contribution in [2.75, 3.05) is 9.80 Å². The average molecular weight is 1680 g/mol. The minimum Gasteiger partial charge on any atom is -0.457 e. The van der Waals surface area contributed by atoms with Gasteiger partial charge in [-0.05, 0) is 244 Å². The third-order valence-corrected chi connectivity index (χ3v) is 24.1. The number of rotatable bonds is 34. The second kappa shape index (κ2) is 36.4. The van der Waals surface area contributed by atoms with E-state index in [9.17, 15) is 19.2 Å². The molecule has 636 valence electrons. The summed E-state index contributed by atoms with van der Waals surface area (Å²) in [5.74, 6) is -3.32. The molecule has 18 nitrogen and oxygen atoms in total. The summed E-state index contributed by atoms with van der Waals surface area (Å²) >= 11 is 0. The number of amides is 4. The van der Waals surface area contributed by atoms with E-state index in [1.54, 1.807) is 121 Å². The van der Waals surface area contributed by atoms with E-state index in [2.05, 4.69) is 48.6 Å². The van der Waals surface area contributed by atoms with Gasteiger partial charge in [-0.3, -0.25) is 38.4 Å². The van der Waals surface area contributed by atoms with Crippen molar-refractivity contribution in [3.05, 3.63) is 297 Å². The van der Waals surface area contributed by atoms with Gasteiger partial charge in [0.2, 0.25) is 0 Å². The quantitative estimate of drug-likeness (QED) is 0.0120. The lowest BCUT2D eigenvalue weighted by atomic mass is 9.80. The van der Waals surface area contributed by atoms with Gasteiger partial charge >= 0.3 is 23.9 Å². The van der Waals surface area contributed by atoms with Crippen LogP contribution in [0.4, 0.5) is 11.4 Å².